The van der Waals surface area contributed by atoms with Crippen molar-refractivity contribution in [3.8, 4) is 0 Å². The van der Waals surface area contributed by atoms with Crippen LogP contribution in [0.3, 0.4) is 0 Å². The molecule has 0 spiro atoms. The molecule has 0 saturated heterocycles. The first-order valence-electron chi connectivity index (χ1n) is 4.37. The van der Waals surface area contributed by atoms with Gasteiger partial charge in [0.1, 0.15) is 0 Å². The third-order valence-corrected chi connectivity index (χ3v) is 2.53. The van der Waals surface area contributed by atoms with Gasteiger partial charge in [-0.2, -0.15) is 0 Å². The molecule has 0 aliphatic heterocycles. The Hall–Kier alpha value is -1.29. The molecule has 0 fully saturated rings. The van der Waals surface area contributed by atoms with Gasteiger partial charge in [0.2, 0.25) is 0 Å². The number of carbonyl (C=O) groups is 1. The number of thiophene rings is 1. The highest BCUT2D eigenvalue weighted by Gasteiger charge is 2.08. The minimum absolute atomic E-state index is 0.0672. The fraction of sp³-hybridized carbons (Fsp3) is 0.300. The first-order chi connectivity index (χ1) is 6.79. The highest BCUT2D eigenvalue weighted by atomic mass is 32.1. The molecule has 0 radical (unpaired) electrons. The molecule has 0 bridgehead atoms. The molecule has 0 atom stereocenters. The number of nitrogens with one attached hydrogen (secondary N) is 1. The Labute approximate surface area is 87.4 Å². The van der Waals surface area contributed by atoms with Crippen LogP contribution in [0.1, 0.15) is 22.2 Å². The molecular formula is C10H13NO2S. The van der Waals surface area contributed by atoms with Crippen LogP contribution in [-0.4, -0.2) is 19.6 Å². The number of ether oxygens (including phenoxy) is 1. The summed E-state index contributed by atoms with van der Waals surface area (Å²) in [7, 11) is 1.62. The van der Waals surface area contributed by atoms with Crippen LogP contribution in [0.5, 0.6) is 0 Å². The largest absolute Gasteiger partial charge is 0.501 e. The molecule has 1 aromatic heterocycles. The summed E-state index contributed by atoms with van der Waals surface area (Å²) >= 11 is 1.52. The summed E-state index contributed by atoms with van der Waals surface area (Å²) in [5, 5.41) is 4.48. The fourth-order valence-electron chi connectivity index (χ4n) is 0.978. The molecular weight excluding hydrogens is 198 g/mol. The quantitative estimate of drug-likeness (QED) is 0.775. The molecule has 4 heteroatoms. The van der Waals surface area contributed by atoms with Crippen molar-refractivity contribution in [3.63, 3.8) is 0 Å². The lowest BCUT2D eigenvalue weighted by molar-refractivity contribution is 0.0963. The van der Waals surface area contributed by atoms with E-state index in [1.807, 2.05) is 12.3 Å². The van der Waals surface area contributed by atoms with E-state index in [0.29, 0.717) is 12.2 Å². The number of hydrogen-bond acceptors (Lipinski definition) is 3. The SMILES string of the molecule is CCO/C=C/c1sccc1C(=O)NC. The van der Waals surface area contributed by atoms with Gasteiger partial charge < -0.3 is 10.1 Å². The van der Waals surface area contributed by atoms with Crippen LogP contribution in [-0.2, 0) is 4.74 Å². The Bertz CT molecular complexity index is 331. The Balaban J connectivity index is 2.77. The molecule has 0 aromatic carbocycles. The molecule has 1 amide bonds. The van der Waals surface area contributed by atoms with E-state index in [4.69, 9.17) is 4.74 Å². The lowest BCUT2D eigenvalue weighted by Crippen LogP contribution is -2.17. The smallest absolute Gasteiger partial charge is 0.252 e. The Morgan fingerprint density at radius 1 is 1.71 bits per heavy atom. The predicted octanol–water partition coefficient (Wildman–Crippen LogP) is 2.11. The third kappa shape index (κ3) is 2.60. The molecule has 3 nitrogen and oxygen atoms in total. The normalized spacial score (nSPS) is 10.4. The zero-order chi connectivity index (χ0) is 10.4. The first kappa shape index (κ1) is 10.8. The molecule has 1 rings (SSSR count). The summed E-state index contributed by atoms with van der Waals surface area (Å²) in [5.41, 5.74) is 0.688. The summed E-state index contributed by atoms with van der Waals surface area (Å²) in [6, 6.07) is 1.80. The van der Waals surface area contributed by atoms with Gasteiger partial charge in [0.05, 0.1) is 18.4 Å². The van der Waals surface area contributed by atoms with Crippen molar-refractivity contribution in [1.29, 1.82) is 0 Å². The monoisotopic (exact) mass is 211 g/mol. The van der Waals surface area contributed by atoms with Crippen molar-refractivity contribution in [3.05, 3.63) is 28.1 Å². The Morgan fingerprint density at radius 2 is 2.50 bits per heavy atom. The molecule has 1 aromatic rings. The maximum Gasteiger partial charge on any atom is 0.252 e. The summed E-state index contributed by atoms with van der Waals surface area (Å²) in [6.45, 7) is 2.55. The summed E-state index contributed by atoms with van der Waals surface area (Å²) in [4.78, 5) is 12.3. The lowest BCUT2D eigenvalue weighted by atomic mass is 10.2. The molecule has 0 unspecified atom stereocenters. The van der Waals surface area contributed by atoms with E-state index in [-0.39, 0.29) is 5.91 Å². The average Bonchev–Trinajstić information content (AvgIpc) is 2.65. The zero-order valence-electron chi connectivity index (χ0n) is 8.24. The average molecular weight is 211 g/mol. The maximum atomic E-state index is 11.3. The van der Waals surface area contributed by atoms with Gasteiger partial charge in [-0.15, -0.1) is 11.3 Å². The van der Waals surface area contributed by atoms with Gasteiger partial charge in [-0.3, -0.25) is 4.79 Å². The second-order valence-corrected chi connectivity index (χ2v) is 3.48. The van der Waals surface area contributed by atoms with Gasteiger partial charge in [0.15, 0.2) is 0 Å². The van der Waals surface area contributed by atoms with Crippen LogP contribution in [0, 0.1) is 0 Å². The minimum atomic E-state index is -0.0672. The minimum Gasteiger partial charge on any atom is -0.501 e. The van der Waals surface area contributed by atoms with Crippen LogP contribution >= 0.6 is 11.3 Å². The molecule has 14 heavy (non-hydrogen) atoms. The van der Waals surface area contributed by atoms with E-state index in [1.54, 1.807) is 25.5 Å². The van der Waals surface area contributed by atoms with E-state index in [9.17, 15) is 4.79 Å². The van der Waals surface area contributed by atoms with Crippen LogP contribution in [0.15, 0.2) is 17.7 Å². The molecule has 0 aliphatic rings. The number of carbonyl (C=O) groups excluding carboxylic acids is 1. The molecule has 1 heterocycles. The Morgan fingerprint density at radius 3 is 3.14 bits per heavy atom. The van der Waals surface area contributed by atoms with Crippen LogP contribution < -0.4 is 5.32 Å². The third-order valence-electron chi connectivity index (χ3n) is 1.65. The number of rotatable bonds is 4. The molecule has 76 valence electrons. The van der Waals surface area contributed by atoms with Crippen molar-refractivity contribution in [2.24, 2.45) is 0 Å². The zero-order valence-corrected chi connectivity index (χ0v) is 9.06. The van der Waals surface area contributed by atoms with E-state index in [2.05, 4.69) is 5.32 Å². The van der Waals surface area contributed by atoms with Crippen LogP contribution in [0.2, 0.25) is 0 Å². The van der Waals surface area contributed by atoms with E-state index in [0.717, 1.165) is 4.88 Å². The first-order valence-corrected chi connectivity index (χ1v) is 5.25. The fourth-order valence-corrected chi connectivity index (χ4v) is 1.75. The molecule has 0 aliphatic carbocycles. The van der Waals surface area contributed by atoms with Gasteiger partial charge in [-0.25, -0.2) is 0 Å². The maximum absolute atomic E-state index is 11.3. The number of hydrogen-bond donors (Lipinski definition) is 1. The van der Waals surface area contributed by atoms with Crippen molar-refractivity contribution in [2.45, 2.75) is 6.92 Å². The highest BCUT2D eigenvalue weighted by Crippen LogP contribution is 2.18. The van der Waals surface area contributed by atoms with E-state index >= 15 is 0 Å². The van der Waals surface area contributed by atoms with Crippen molar-refractivity contribution in [2.75, 3.05) is 13.7 Å². The highest BCUT2D eigenvalue weighted by molar-refractivity contribution is 7.11. The second-order valence-electron chi connectivity index (χ2n) is 2.54. The van der Waals surface area contributed by atoms with Crippen molar-refractivity contribution >= 4 is 23.3 Å². The van der Waals surface area contributed by atoms with Gasteiger partial charge >= 0.3 is 0 Å². The van der Waals surface area contributed by atoms with Crippen molar-refractivity contribution in [1.82, 2.24) is 5.32 Å². The summed E-state index contributed by atoms with van der Waals surface area (Å²) in [5.74, 6) is -0.0672. The van der Waals surface area contributed by atoms with Gasteiger partial charge in [0.25, 0.3) is 5.91 Å². The van der Waals surface area contributed by atoms with Crippen molar-refractivity contribution < 1.29 is 9.53 Å². The van der Waals surface area contributed by atoms with E-state index in [1.165, 1.54) is 11.3 Å². The van der Waals surface area contributed by atoms with Crippen LogP contribution in [0.4, 0.5) is 0 Å². The molecule has 0 saturated carbocycles. The van der Waals surface area contributed by atoms with Gasteiger partial charge in [0, 0.05) is 11.9 Å². The lowest BCUT2D eigenvalue weighted by Gasteiger charge is -1.97. The van der Waals surface area contributed by atoms with Gasteiger partial charge in [-0.1, -0.05) is 0 Å². The predicted molar refractivity (Wildman–Crippen MR) is 58.4 cm³/mol. The molecule has 1 N–H and O–H groups in total. The second kappa shape index (κ2) is 5.44. The van der Waals surface area contributed by atoms with Crippen LogP contribution in [0.25, 0.3) is 6.08 Å². The summed E-state index contributed by atoms with van der Waals surface area (Å²) in [6.07, 6.45) is 3.41. The Kier molecular flexibility index (Phi) is 4.19. The van der Waals surface area contributed by atoms with E-state index < -0.39 is 0 Å². The number of amides is 1. The standard InChI is InChI=1S/C10H13NO2S/c1-3-13-6-4-9-8(5-7-14-9)10(12)11-2/h4-7H,3H2,1-2H3,(H,11,12)/b6-4+. The topological polar surface area (TPSA) is 38.3 Å². The van der Waals surface area contributed by atoms with Gasteiger partial charge in [-0.05, 0) is 24.4 Å². The summed E-state index contributed by atoms with van der Waals surface area (Å²) < 4.78 is 5.07.